The van der Waals surface area contributed by atoms with E-state index in [2.05, 4.69) is 16.7 Å². The van der Waals surface area contributed by atoms with Crippen LogP contribution in [0.5, 0.6) is 5.75 Å². The fourth-order valence-electron chi connectivity index (χ4n) is 2.87. The maximum atomic E-state index is 11.9. The van der Waals surface area contributed by atoms with Crippen LogP contribution in [0.2, 0.25) is 0 Å². The second kappa shape index (κ2) is 5.09. The molecule has 1 saturated heterocycles. The topological polar surface area (TPSA) is 50.4 Å². The molecule has 2 N–H and O–H groups in total. The maximum absolute atomic E-state index is 11.9. The van der Waals surface area contributed by atoms with Crippen LogP contribution in [0.3, 0.4) is 0 Å². The summed E-state index contributed by atoms with van der Waals surface area (Å²) in [7, 11) is 0. The Hall–Kier alpha value is -1.55. The number of amides is 1. The highest BCUT2D eigenvalue weighted by atomic mass is 16.5. The van der Waals surface area contributed by atoms with Gasteiger partial charge in [-0.2, -0.15) is 0 Å². The van der Waals surface area contributed by atoms with E-state index in [1.165, 1.54) is 24.8 Å². The summed E-state index contributed by atoms with van der Waals surface area (Å²) in [5.41, 5.74) is 1.24. The first-order chi connectivity index (χ1) is 9.54. The van der Waals surface area contributed by atoms with Gasteiger partial charge in [-0.1, -0.05) is 12.5 Å². The summed E-state index contributed by atoms with van der Waals surface area (Å²) < 4.78 is 5.75. The minimum absolute atomic E-state index is 0.0852. The Balaban J connectivity index is 1.76. The summed E-state index contributed by atoms with van der Waals surface area (Å²) >= 11 is 0. The van der Waals surface area contributed by atoms with Crippen LogP contribution in [0.25, 0.3) is 0 Å². The van der Waals surface area contributed by atoms with Gasteiger partial charge in [0.25, 0.3) is 5.91 Å². The molecule has 0 aromatic heterocycles. The van der Waals surface area contributed by atoms with Gasteiger partial charge >= 0.3 is 0 Å². The molecule has 1 aromatic rings. The first-order valence-electron chi connectivity index (χ1n) is 7.41. The standard InChI is InChI=1S/C16H22N2O2/c1-16(2)15(19)18-13-10-11(6-7-14(13)20-16)9-12-5-3-4-8-17-12/h6-7,10,12,17H,3-5,8-9H2,1-2H3,(H,18,19). The van der Waals surface area contributed by atoms with Gasteiger partial charge in [0.05, 0.1) is 5.69 Å². The fraction of sp³-hybridized carbons (Fsp3) is 0.562. The Labute approximate surface area is 119 Å². The number of carbonyl (C=O) groups excluding carboxylic acids is 1. The molecular formula is C16H22N2O2. The molecule has 1 fully saturated rings. The number of piperidine rings is 1. The molecule has 1 unspecified atom stereocenters. The Morgan fingerprint density at radius 2 is 2.20 bits per heavy atom. The van der Waals surface area contributed by atoms with Crippen LogP contribution >= 0.6 is 0 Å². The number of benzene rings is 1. The van der Waals surface area contributed by atoms with Gasteiger partial charge < -0.3 is 15.4 Å². The van der Waals surface area contributed by atoms with Gasteiger partial charge in [-0.05, 0) is 57.4 Å². The molecule has 1 aromatic carbocycles. The van der Waals surface area contributed by atoms with Crippen molar-refractivity contribution < 1.29 is 9.53 Å². The summed E-state index contributed by atoms with van der Waals surface area (Å²) in [5.74, 6) is 0.674. The number of anilines is 1. The lowest BCUT2D eigenvalue weighted by Crippen LogP contribution is -2.45. The number of nitrogens with one attached hydrogen (secondary N) is 2. The van der Waals surface area contributed by atoms with E-state index in [0.717, 1.165) is 24.4 Å². The van der Waals surface area contributed by atoms with Crippen LogP contribution in [0.4, 0.5) is 5.69 Å². The van der Waals surface area contributed by atoms with E-state index < -0.39 is 5.60 Å². The smallest absolute Gasteiger partial charge is 0.268 e. The molecule has 0 saturated carbocycles. The first kappa shape index (κ1) is 13.4. The van der Waals surface area contributed by atoms with Crippen molar-refractivity contribution in [1.29, 1.82) is 0 Å². The van der Waals surface area contributed by atoms with Gasteiger partial charge in [0.15, 0.2) is 5.60 Å². The molecule has 1 amide bonds. The lowest BCUT2D eigenvalue weighted by molar-refractivity contribution is -0.129. The normalized spacial score (nSPS) is 24.5. The molecule has 2 aliphatic rings. The van der Waals surface area contributed by atoms with Gasteiger partial charge in [0.2, 0.25) is 0 Å². The van der Waals surface area contributed by atoms with E-state index in [9.17, 15) is 4.79 Å². The molecule has 0 spiro atoms. The van der Waals surface area contributed by atoms with Gasteiger partial charge in [0.1, 0.15) is 5.75 Å². The SMILES string of the molecule is CC1(C)Oc2ccc(CC3CCCCN3)cc2NC1=O. The van der Waals surface area contributed by atoms with E-state index in [-0.39, 0.29) is 5.91 Å². The van der Waals surface area contributed by atoms with Crippen LogP contribution in [0.1, 0.15) is 38.7 Å². The average Bonchev–Trinajstić information content (AvgIpc) is 2.41. The number of fused-ring (bicyclic) bond motifs is 1. The number of ether oxygens (including phenoxy) is 1. The molecule has 0 radical (unpaired) electrons. The molecule has 20 heavy (non-hydrogen) atoms. The molecule has 2 heterocycles. The molecule has 0 bridgehead atoms. The van der Waals surface area contributed by atoms with E-state index >= 15 is 0 Å². The number of rotatable bonds is 2. The molecule has 2 aliphatic heterocycles. The fourth-order valence-corrected chi connectivity index (χ4v) is 2.87. The summed E-state index contributed by atoms with van der Waals surface area (Å²) in [4.78, 5) is 11.9. The largest absolute Gasteiger partial charge is 0.476 e. The van der Waals surface area contributed by atoms with E-state index in [0.29, 0.717) is 6.04 Å². The zero-order valence-corrected chi connectivity index (χ0v) is 12.2. The monoisotopic (exact) mass is 274 g/mol. The third-order valence-corrected chi connectivity index (χ3v) is 4.10. The molecule has 0 aliphatic carbocycles. The quantitative estimate of drug-likeness (QED) is 0.871. The van der Waals surface area contributed by atoms with Crippen molar-refractivity contribution >= 4 is 11.6 Å². The van der Waals surface area contributed by atoms with E-state index in [4.69, 9.17) is 4.74 Å². The van der Waals surface area contributed by atoms with E-state index in [1.807, 2.05) is 12.1 Å². The second-order valence-electron chi connectivity index (χ2n) is 6.25. The summed E-state index contributed by atoms with van der Waals surface area (Å²) in [6.45, 7) is 4.68. The van der Waals surface area contributed by atoms with Crippen molar-refractivity contribution in [3.63, 3.8) is 0 Å². The Morgan fingerprint density at radius 1 is 1.35 bits per heavy atom. The lowest BCUT2D eigenvalue weighted by Gasteiger charge is -2.32. The Morgan fingerprint density at radius 3 is 2.95 bits per heavy atom. The lowest BCUT2D eigenvalue weighted by atomic mass is 9.97. The minimum Gasteiger partial charge on any atom is -0.476 e. The average molecular weight is 274 g/mol. The molecular weight excluding hydrogens is 252 g/mol. The highest BCUT2D eigenvalue weighted by Crippen LogP contribution is 2.34. The van der Waals surface area contributed by atoms with Crippen molar-refractivity contribution in [2.24, 2.45) is 0 Å². The number of hydrogen-bond donors (Lipinski definition) is 2. The second-order valence-corrected chi connectivity index (χ2v) is 6.25. The van der Waals surface area contributed by atoms with Crippen LogP contribution < -0.4 is 15.4 Å². The van der Waals surface area contributed by atoms with Crippen molar-refractivity contribution in [3.8, 4) is 5.75 Å². The Bertz CT molecular complexity index is 519. The summed E-state index contributed by atoms with van der Waals surface area (Å²) in [5, 5.41) is 6.49. The number of hydrogen-bond acceptors (Lipinski definition) is 3. The zero-order valence-electron chi connectivity index (χ0n) is 12.2. The van der Waals surface area contributed by atoms with Crippen molar-refractivity contribution in [3.05, 3.63) is 23.8 Å². The first-order valence-corrected chi connectivity index (χ1v) is 7.41. The third-order valence-electron chi connectivity index (χ3n) is 4.10. The number of carbonyl (C=O) groups is 1. The van der Waals surface area contributed by atoms with Gasteiger partial charge in [-0.25, -0.2) is 0 Å². The summed E-state index contributed by atoms with van der Waals surface area (Å²) in [6.07, 6.45) is 4.82. The van der Waals surface area contributed by atoms with Crippen LogP contribution in [0.15, 0.2) is 18.2 Å². The zero-order chi connectivity index (χ0) is 14.2. The van der Waals surface area contributed by atoms with E-state index in [1.54, 1.807) is 13.8 Å². The predicted molar refractivity (Wildman–Crippen MR) is 79.1 cm³/mol. The molecule has 1 atom stereocenters. The van der Waals surface area contributed by atoms with Gasteiger partial charge in [-0.3, -0.25) is 4.79 Å². The van der Waals surface area contributed by atoms with Crippen LogP contribution in [0, 0.1) is 0 Å². The third kappa shape index (κ3) is 2.66. The minimum atomic E-state index is -0.792. The van der Waals surface area contributed by atoms with Crippen molar-refractivity contribution in [1.82, 2.24) is 5.32 Å². The predicted octanol–water partition coefficient (Wildman–Crippen LogP) is 2.48. The summed E-state index contributed by atoms with van der Waals surface area (Å²) in [6, 6.07) is 6.66. The molecule has 4 nitrogen and oxygen atoms in total. The maximum Gasteiger partial charge on any atom is 0.268 e. The van der Waals surface area contributed by atoms with Crippen LogP contribution in [-0.4, -0.2) is 24.1 Å². The van der Waals surface area contributed by atoms with Gasteiger partial charge in [0, 0.05) is 6.04 Å². The van der Waals surface area contributed by atoms with Gasteiger partial charge in [-0.15, -0.1) is 0 Å². The molecule has 4 heteroatoms. The Kier molecular flexibility index (Phi) is 3.42. The van der Waals surface area contributed by atoms with Crippen molar-refractivity contribution in [2.75, 3.05) is 11.9 Å². The van der Waals surface area contributed by atoms with Crippen molar-refractivity contribution in [2.45, 2.75) is 51.2 Å². The van der Waals surface area contributed by atoms with Crippen LogP contribution in [-0.2, 0) is 11.2 Å². The molecule has 108 valence electrons. The highest BCUT2D eigenvalue weighted by molar-refractivity contribution is 6.00. The highest BCUT2D eigenvalue weighted by Gasteiger charge is 2.35. The molecule has 3 rings (SSSR count).